The van der Waals surface area contributed by atoms with Crippen LogP contribution in [-0.4, -0.2) is 27.6 Å². The summed E-state index contributed by atoms with van der Waals surface area (Å²) in [4.78, 5) is 0. The molecule has 0 saturated carbocycles. The lowest BCUT2D eigenvalue weighted by Gasteiger charge is -2.21. The summed E-state index contributed by atoms with van der Waals surface area (Å²) in [7, 11) is 1.75. The van der Waals surface area contributed by atoms with E-state index in [0.717, 1.165) is 6.42 Å². The Morgan fingerprint density at radius 2 is 2.27 bits per heavy atom. The highest BCUT2D eigenvalue weighted by Crippen LogP contribution is 2.27. The van der Waals surface area contributed by atoms with Crippen LogP contribution >= 0.6 is 11.6 Å². The van der Waals surface area contributed by atoms with Crippen LogP contribution in [0.5, 0.6) is 0 Å². The van der Waals surface area contributed by atoms with E-state index in [1.807, 2.05) is 13.8 Å². The molecular formula is C10H17ClN2O2. The predicted molar refractivity (Wildman–Crippen MR) is 58.9 cm³/mol. The van der Waals surface area contributed by atoms with E-state index in [4.69, 9.17) is 16.3 Å². The Morgan fingerprint density at radius 3 is 2.67 bits per heavy atom. The average molecular weight is 233 g/mol. The van der Waals surface area contributed by atoms with E-state index >= 15 is 0 Å². The van der Waals surface area contributed by atoms with E-state index in [-0.39, 0.29) is 6.10 Å². The van der Waals surface area contributed by atoms with Crippen molar-refractivity contribution in [3.05, 3.63) is 16.9 Å². The summed E-state index contributed by atoms with van der Waals surface area (Å²) in [6, 6.07) is 0. The van der Waals surface area contributed by atoms with Crippen LogP contribution in [0.15, 0.2) is 6.20 Å². The van der Waals surface area contributed by atoms with Crippen LogP contribution in [0.4, 0.5) is 0 Å². The molecule has 0 aromatic carbocycles. The van der Waals surface area contributed by atoms with Gasteiger partial charge in [-0.25, -0.2) is 0 Å². The maximum Gasteiger partial charge on any atom is 0.123 e. The van der Waals surface area contributed by atoms with Gasteiger partial charge in [0.1, 0.15) is 6.10 Å². The lowest BCUT2D eigenvalue weighted by molar-refractivity contribution is -0.0387. The van der Waals surface area contributed by atoms with Crippen LogP contribution in [0.25, 0.3) is 0 Å². The van der Waals surface area contributed by atoms with Crippen LogP contribution in [0.1, 0.15) is 32.1 Å². The summed E-state index contributed by atoms with van der Waals surface area (Å²) in [5.74, 6) is 0. The van der Waals surface area contributed by atoms with Crippen molar-refractivity contribution in [3.8, 4) is 0 Å². The van der Waals surface area contributed by atoms with Crippen molar-refractivity contribution in [3.63, 3.8) is 0 Å². The molecule has 1 N–H and O–H groups in total. The topological polar surface area (TPSA) is 47.3 Å². The van der Waals surface area contributed by atoms with Crippen molar-refractivity contribution in [2.45, 2.75) is 32.5 Å². The Bertz CT molecular complexity index is 295. The first-order chi connectivity index (χ1) is 7.11. The van der Waals surface area contributed by atoms with Gasteiger partial charge in [-0.05, 0) is 13.3 Å². The number of nitrogens with zero attached hydrogens (tertiary/aromatic N) is 2. The highest BCUT2D eigenvalue weighted by atomic mass is 35.5. The highest BCUT2D eigenvalue weighted by molar-refractivity contribution is 6.31. The molecule has 1 aromatic heterocycles. The quantitative estimate of drug-likeness (QED) is 0.844. The van der Waals surface area contributed by atoms with Gasteiger partial charge in [0.2, 0.25) is 0 Å². The molecule has 4 nitrogen and oxygen atoms in total. The number of ether oxygens (including phenoxy) is 1. The number of aryl methyl sites for hydroxylation is 1. The van der Waals surface area contributed by atoms with Gasteiger partial charge in [-0.2, -0.15) is 5.10 Å². The molecule has 0 aliphatic carbocycles. The van der Waals surface area contributed by atoms with E-state index in [0.29, 0.717) is 17.3 Å². The molecule has 0 aliphatic rings. The molecule has 0 saturated heterocycles. The molecule has 86 valence electrons. The number of aromatic nitrogens is 2. The number of hydrogen-bond acceptors (Lipinski definition) is 3. The second kappa shape index (κ2) is 5.49. The van der Waals surface area contributed by atoms with Gasteiger partial charge >= 0.3 is 0 Å². The number of hydrogen-bond donors (Lipinski definition) is 1. The van der Waals surface area contributed by atoms with Gasteiger partial charge in [-0.1, -0.05) is 18.5 Å². The third-order valence-electron chi connectivity index (χ3n) is 2.35. The van der Waals surface area contributed by atoms with Crippen molar-refractivity contribution < 1.29 is 9.84 Å². The monoisotopic (exact) mass is 232 g/mol. The minimum Gasteiger partial charge on any atom is -0.384 e. The fourth-order valence-electron chi connectivity index (χ4n) is 1.58. The average Bonchev–Trinajstić information content (AvgIpc) is 2.54. The fraction of sp³-hybridized carbons (Fsp3) is 0.700. The van der Waals surface area contributed by atoms with Gasteiger partial charge in [-0.15, -0.1) is 0 Å². The van der Waals surface area contributed by atoms with Gasteiger partial charge in [0, 0.05) is 13.7 Å². The molecule has 0 bridgehead atoms. The number of rotatable bonds is 5. The van der Waals surface area contributed by atoms with Gasteiger partial charge in [0.25, 0.3) is 0 Å². The van der Waals surface area contributed by atoms with Crippen molar-refractivity contribution in [2.24, 2.45) is 7.05 Å². The first-order valence-electron chi connectivity index (χ1n) is 5.08. The maximum absolute atomic E-state index is 10.1. The molecule has 0 spiro atoms. The van der Waals surface area contributed by atoms with Gasteiger partial charge in [0.15, 0.2) is 0 Å². The van der Waals surface area contributed by atoms with Gasteiger partial charge < -0.3 is 9.84 Å². The molecular weight excluding hydrogens is 216 g/mol. The van der Waals surface area contributed by atoms with Crippen molar-refractivity contribution in [1.29, 1.82) is 0 Å². The van der Waals surface area contributed by atoms with E-state index in [9.17, 15) is 5.11 Å². The Labute approximate surface area is 94.8 Å². The van der Waals surface area contributed by atoms with E-state index in [1.54, 1.807) is 11.7 Å². The third-order valence-corrected chi connectivity index (χ3v) is 2.64. The standard InChI is InChI=1S/C10H17ClN2O2/c1-4-8(15-5-2)10(14)9-7(11)6-12-13(9)3/h6,8,10,14H,4-5H2,1-3H3. The molecule has 1 heterocycles. The lowest BCUT2D eigenvalue weighted by Crippen LogP contribution is -2.23. The summed E-state index contributed by atoms with van der Waals surface area (Å²) >= 11 is 5.94. The van der Waals surface area contributed by atoms with E-state index in [2.05, 4.69) is 5.10 Å². The molecule has 1 aromatic rings. The number of aliphatic hydroxyl groups excluding tert-OH is 1. The molecule has 0 fully saturated rings. The zero-order valence-electron chi connectivity index (χ0n) is 9.27. The molecule has 1 rings (SSSR count). The summed E-state index contributed by atoms with van der Waals surface area (Å²) in [6.07, 6.45) is 1.30. The molecule has 5 heteroatoms. The Morgan fingerprint density at radius 1 is 1.60 bits per heavy atom. The largest absolute Gasteiger partial charge is 0.384 e. The number of aliphatic hydroxyl groups is 1. The third kappa shape index (κ3) is 2.71. The summed E-state index contributed by atoms with van der Waals surface area (Å²) < 4.78 is 7.02. The second-order valence-electron chi connectivity index (χ2n) is 3.35. The normalized spacial score (nSPS) is 15.3. The smallest absolute Gasteiger partial charge is 0.123 e. The molecule has 2 unspecified atom stereocenters. The molecule has 0 radical (unpaired) electrons. The molecule has 0 amide bonds. The van der Waals surface area contributed by atoms with Crippen molar-refractivity contribution >= 4 is 11.6 Å². The zero-order valence-corrected chi connectivity index (χ0v) is 10.0. The highest BCUT2D eigenvalue weighted by Gasteiger charge is 2.24. The second-order valence-corrected chi connectivity index (χ2v) is 3.76. The van der Waals surface area contributed by atoms with Gasteiger partial charge in [-0.3, -0.25) is 4.68 Å². The van der Waals surface area contributed by atoms with Crippen LogP contribution in [0.2, 0.25) is 5.02 Å². The molecule has 15 heavy (non-hydrogen) atoms. The van der Waals surface area contributed by atoms with Gasteiger partial charge in [0.05, 0.1) is 23.0 Å². The Balaban J connectivity index is 2.86. The Hall–Kier alpha value is -0.580. The van der Waals surface area contributed by atoms with Crippen LogP contribution in [0.3, 0.4) is 0 Å². The summed E-state index contributed by atoms with van der Waals surface area (Å²) in [6.45, 7) is 4.44. The van der Waals surface area contributed by atoms with Crippen molar-refractivity contribution in [2.75, 3.05) is 6.61 Å². The van der Waals surface area contributed by atoms with Crippen LogP contribution < -0.4 is 0 Å². The number of halogens is 1. The predicted octanol–water partition coefficient (Wildman–Crippen LogP) is 1.92. The van der Waals surface area contributed by atoms with Crippen molar-refractivity contribution in [1.82, 2.24) is 9.78 Å². The van der Waals surface area contributed by atoms with Crippen LogP contribution in [-0.2, 0) is 11.8 Å². The fourth-order valence-corrected chi connectivity index (χ4v) is 1.85. The minimum absolute atomic E-state index is 0.233. The maximum atomic E-state index is 10.1. The van der Waals surface area contributed by atoms with E-state index in [1.165, 1.54) is 6.20 Å². The molecule has 2 atom stereocenters. The SMILES string of the molecule is CCOC(CC)C(O)c1c(Cl)cnn1C. The Kier molecular flexibility index (Phi) is 4.57. The summed E-state index contributed by atoms with van der Waals surface area (Å²) in [5.41, 5.74) is 0.608. The zero-order chi connectivity index (χ0) is 11.4. The van der Waals surface area contributed by atoms with Crippen LogP contribution in [0, 0.1) is 0 Å². The van der Waals surface area contributed by atoms with E-state index < -0.39 is 6.10 Å². The molecule has 0 aliphatic heterocycles. The first-order valence-corrected chi connectivity index (χ1v) is 5.46. The summed E-state index contributed by atoms with van der Waals surface area (Å²) in [5, 5.41) is 14.6. The lowest BCUT2D eigenvalue weighted by atomic mass is 10.1. The minimum atomic E-state index is -0.727. The first kappa shape index (κ1) is 12.5.